The van der Waals surface area contributed by atoms with E-state index < -0.39 is 0 Å². The molecular weight excluding hydrogens is 364 g/mol. The quantitative estimate of drug-likeness (QED) is 0.549. The van der Waals surface area contributed by atoms with Crippen molar-refractivity contribution in [2.24, 2.45) is 0 Å². The lowest BCUT2D eigenvalue weighted by atomic mass is 9.94. The number of nitrogens with one attached hydrogen (secondary N) is 1. The van der Waals surface area contributed by atoms with Crippen LogP contribution in [-0.2, 0) is 22.6 Å². The van der Waals surface area contributed by atoms with E-state index in [9.17, 15) is 9.59 Å². The molecule has 2 aromatic rings. The summed E-state index contributed by atoms with van der Waals surface area (Å²) < 4.78 is 2.04. The summed E-state index contributed by atoms with van der Waals surface area (Å²) in [5.41, 5.74) is 2.40. The van der Waals surface area contributed by atoms with Crippen molar-refractivity contribution in [3.8, 4) is 0 Å². The zero-order valence-corrected chi connectivity index (χ0v) is 17.6. The van der Waals surface area contributed by atoms with Crippen molar-refractivity contribution in [3.63, 3.8) is 0 Å². The first-order valence-electron chi connectivity index (χ1n) is 10.6. The van der Waals surface area contributed by atoms with Crippen molar-refractivity contribution >= 4 is 22.8 Å². The average Bonchev–Trinajstić information content (AvgIpc) is 3.08. The number of fused-ring (bicyclic) bond motifs is 1. The largest absolute Gasteiger partial charge is 0.352 e. The van der Waals surface area contributed by atoms with Crippen LogP contribution in [0.15, 0.2) is 36.4 Å². The van der Waals surface area contributed by atoms with E-state index in [-0.39, 0.29) is 11.8 Å². The van der Waals surface area contributed by atoms with Crippen molar-refractivity contribution in [2.75, 3.05) is 13.6 Å². The predicted molar refractivity (Wildman–Crippen MR) is 116 cm³/mol. The highest BCUT2D eigenvalue weighted by Gasteiger charge is 2.23. The first-order valence-corrected chi connectivity index (χ1v) is 10.6. The summed E-state index contributed by atoms with van der Waals surface area (Å²) in [5.74, 6) is 0.904. The fraction of sp³-hybridized carbons (Fsp3) is 0.522. The summed E-state index contributed by atoms with van der Waals surface area (Å²) in [5, 5.41) is 2.86. The molecule has 6 heteroatoms. The molecule has 1 N–H and O–H groups in total. The van der Waals surface area contributed by atoms with E-state index in [1.807, 2.05) is 40.8 Å². The summed E-state index contributed by atoms with van der Waals surface area (Å²) in [6.07, 6.45) is 7.34. The zero-order chi connectivity index (χ0) is 20.8. The number of rotatable bonds is 8. The van der Waals surface area contributed by atoms with E-state index in [2.05, 4.69) is 11.9 Å². The van der Waals surface area contributed by atoms with E-state index >= 15 is 0 Å². The summed E-state index contributed by atoms with van der Waals surface area (Å²) in [6.45, 7) is 6.22. The molecule has 1 heterocycles. The third kappa shape index (κ3) is 5.25. The van der Waals surface area contributed by atoms with Gasteiger partial charge in [0.25, 0.3) is 0 Å². The van der Waals surface area contributed by atoms with Crippen LogP contribution < -0.4 is 5.32 Å². The number of aromatic nitrogens is 2. The maximum Gasteiger partial charge on any atom is 0.246 e. The summed E-state index contributed by atoms with van der Waals surface area (Å²) in [6, 6.07) is 8.29. The second-order valence-electron chi connectivity index (χ2n) is 8.04. The maximum absolute atomic E-state index is 13.0. The third-order valence-electron chi connectivity index (χ3n) is 5.79. The summed E-state index contributed by atoms with van der Waals surface area (Å²) in [4.78, 5) is 31.3. The van der Waals surface area contributed by atoms with Gasteiger partial charge in [-0.25, -0.2) is 4.98 Å². The standard InChI is InChI=1S/C23H32N4O2/c1-17(2)23(29)24-15-9-14-21-25-19-12-7-8-13-20(19)27(21)16-22(28)26(3)18-10-5-4-6-11-18/h7-8,12-13,18H,1,4-6,9-11,14-16H2,2-3H3,(H,24,29). The van der Waals surface area contributed by atoms with Crippen molar-refractivity contribution in [3.05, 3.63) is 42.2 Å². The Morgan fingerprint density at radius 3 is 2.69 bits per heavy atom. The Hall–Kier alpha value is -2.63. The fourth-order valence-electron chi connectivity index (χ4n) is 4.01. The molecule has 0 radical (unpaired) electrons. The number of carbonyl (C=O) groups excluding carboxylic acids is 2. The third-order valence-corrected chi connectivity index (χ3v) is 5.79. The van der Waals surface area contributed by atoms with Crippen molar-refractivity contribution in [2.45, 2.75) is 64.5 Å². The van der Waals surface area contributed by atoms with Crippen LogP contribution in [0.4, 0.5) is 0 Å². The first-order chi connectivity index (χ1) is 14.0. The molecule has 1 aliphatic carbocycles. The molecule has 0 aliphatic heterocycles. The first kappa shape index (κ1) is 21.1. The number of imidazole rings is 1. The van der Waals surface area contributed by atoms with Gasteiger partial charge >= 0.3 is 0 Å². The molecule has 1 aromatic heterocycles. The highest BCUT2D eigenvalue weighted by atomic mass is 16.2. The number of hydrogen-bond acceptors (Lipinski definition) is 3. The lowest BCUT2D eigenvalue weighted by Gasteiger charge is -2.31. The summed E-state index contributed by atoms with van der Waals surface area (Å²) in [7, 11) is 1.93. The number of amides is 2. The average molecular weight is 397 g/mol. The van der Waals surface area contributed by atoms with Gasteiger partial charge in [0, 0.05) is 31.6 Å². The fourth-order valence-corrected chi connectivity index (χ4v) is 4.01. The Labute approximate surface area is 173 Å². The highest BCUT2D eigenvalue weighted by Crippen LogP contribution is 2.23. The Balaban J connectivity index is 1.70. The van der Waals surface area contributed by atoms with E-state index in [0.29, 0.717) is 31.1 Å². The molecule has 0 atom stereocenters. The van der Waals surface area contributed by atoms with Gasteiger partial charge in [-0.3, -0.25) is 9.59 Å². The highest BCUT2D eigenvalue weighted by molar-refractivity contribution is 5.92. The van der Waals surface area contributed by atoms with Crippen molar-refractivity contribution in [1.29, 1.82) is 0 Å². The molecule has 3 rings (SSSR count). The van der Waals surface area contributed by atoms with Gasteiger partial charge in [-0.2, -0.15) is 0 Å². The van der Waals surface area contributed by atoms with Crippen LogP contribution in [0.2, 0.25) is 0 Å². The van der Waals surface area contributed by atoms with Gasteiger partial charge in [0.05, 0.1) is 11.0 Å². The molecule has 0 bridgehead atoms. The van der Waals surface area contributed by atoms with Gasteiger partial charge in [0.2, 0.25) is 11.8 Å². The molecule has 0 saturated heterocycles. The van der Waals surface area contributed by atoms with Crippen LogP contribution >= 0.6 is 0 Å². The molecule has 0 spiro atoms. The van der Waals surface area contributed by atoms with E-state index in [0.717, 1.165) is 36.1 Å². The molecule has 1 aliphatic rings. The van der Waals surface area contributed by atoms with Crippen LogP contribution in [0.3, 0.4) is 0 Å². The van der Waals surface area contributed by atoms with Crippen LogP contribution in [0.5, 0.6) is 0 Å². The molecule has 1 fully saturated rings. The number of likely N-dealkylation sites (N-methyl/N-ethyl adjacent to an activating group) is 1. The maximum atomic E-state index is 13.0. The Morgan fingerprint density at radius 1 is 1.24 bits per heavy atom. The molecule has 0 unspecified atom stereocenters. The number of para-hydroxylation sites is 2. The molecule has 6 nitrogen and oxygen atoms in total. The van der Waals surface area contributed by atoms with Gasteiger partial charge < -0.3 is 14.8 Å². The van der Waals surface area contributed by atoms with Crippen LogP contribution in [-0.4, -0.2) is 45.9 Å². The summed E-state index contributed by atoms with van der Waals surface area (Å²) >= 11 is 0. The molecule has 1 saturated carbocycles. The Bertz CT molecular complexity index is 880. The number of hydrogen-bond donors (Lipinski definition) is 1. The van der Waals surface area contributed by atoms with E-state index in [1.54, 1.807) is 6.92 Å². The van der Waals surface area contributed by atoms with Crippen molar-refractivity contribution in [1.82, 2.24) is 19.8 Å². The smallest absolute Gasteiger partial charge is 0.246 e. The Kier molecular flexibility index (Phi) is 7.07. The minimum atomic E-state index is -0.122. The number of aryl methyl sites for hydroxylation is 1. The van der Waals surface area contributed by atoms with Gasteiger partial charge in [0.15, 0.2) is 0 Å². The van der Waals surface area contributed by atoms with Gasteiger partial charge in [-0.1, -0.05) is 38.0 Å². The zero-order valence-electron chi connectivity index (χ0n) is 17.6. The number of carbonyl (C=O) groups is 2. The molecule has 1 aromatic carbocycles. The lowest BCUT2D eigenvalue weighted by Crippen LogP contribution is -2.40. The SMILES string of the molecule is C=C(C)C(=O)NCCCc1nc2ccccc2n1CC(=O)N(C)C1CCCCC1. The second-order valence-corrected chi connectivity index (χ2v) is 8.04. The van der Waals surface area contributed by atoms with E-state index in [1.165, 1.54) is 19.3 Å². The van der Waals surface area contributed by atoms with E-state index in [4.69, 9.17) is 4.98 Å². The number of benzene rings is 1. The molecular formula is C23H32N4O2. The number of nitrogens with zero attached hydrogens (tertiary/aromatic N) is 3. The van der Waals surface area contributed by atoms with Crippen LogP contribution in [0.25, 0.3) is 11.0 Å². The minimum Gasteiger partial charge on any atom is -0.352 e. The normalized spacial score (nSPS) is 14.7. The molecule has 29 heavy (non-hydrogen) atoms. The monoisotopic (exact) mass is 396 g/mol. The Morgan fingerprint density at radius 2 is 1.97 bits per heavy atom. The van der Waals surface area contributed by atoms with Crippen LogP contribution in [0.1, 0.15) is 51.3 Å². The lowest BCUT2D eigenvalue weighted by molar-refractivity contribution is -0.133. The minimum absolute atomic E-state index is 0.122. The second kappa shape index (κ2) is 9.72. The van der Waals surface area contributed by atoms with Crippen LogP contribution in [0, 0.1) is 0 Å². The van der Waals surface area contributed by atoms with Gasteiger partial charge in [-0.05, 0) is 38.3 Å². The molecule has 156 valence electrons. The van der Waals surface area contributed by atoms with Gasteiger partial charge in [-0.15, -0.1) is 0 Å². The predicted octanol–water partition coefficient (Wildman–Crippen LogP) is 3.45. The topological polar surface area (TPSA) is 67.2 Å². The van der Waals surface area contributed by atoms with Crippen molar-refractivity contribution < 1.29 is 9.59 Å². The molecule has 2 amide bonds. The van der Waals surface area contributed by atoms with Gasteiger partial charge in [0.1, 0.15) is 12.4 Å².